The number of halogens is 1. The van der Waals surface area contributed by atoms with E-state index in [1.807, 2.05) is 7.05 Å². The predicted octanol–water partition coefficient (Wildman–Crippen LogP) is 1.22. The van der Waals surface area contributed by atoms with Crippen LogP contribution in [0.3, 0.4) is 0 Å². The number of alkyl halides is 1. The molecule has 0 N–H and O–H groups in total. The van der Waals surface area contributed by atoms with Crippen LogP contribution < -0.4 is 0 Å². The van der Waals surface area contributed by atoms with Crippen LogP contribution in [0.5, 0.6) is 0 Å². The van der Waals surface area contributed by atoms with E-state index in [4.69, 9.17) is 9.57 Å². The summed E-state index contributed by atoms with van der Waals surface area (Å²) in [5, 5.41) is 8.64. The van der Waals surface area contributed by atoms with Crippen LogP contribution in [0.25, 0.3) is 0 Å². The van der Waals surface area contributed by atoms with Crippen molar-refractivity contribution in [3.05, 3.63) is 11.8 Å². The summed E-state index contributed by atoms with van der Waals surface area (Å²) in [5.41, 5.74) is 0.760. The number of hydrogen-bond acceptors (Lipinski definition) is 5. The number of thiol groups is 1. The third-order valence-electron chi connectivity index (χ3n) is 2.00. The Hall–Kier alpha value is -0.440. The molecule has 1 unspecified atom stereocenters. The summed E-state index contributed by atoms with van der Waals surface area (Å²) in [7, 11) is 1.81. The summed E-state index contributed by atoms with van der Waals surface area (Å²) < 4.78 is 8.14. The van der Waals surface area contributed by atoms with Crippen LogP contribution in [0.15, 0.2) is 16.4 Å². The second-order valence-electron chi connectivity index (χ2n) is 3.09. The van der Waals surface area contributed by atoms with E-state index in [9.17, 15) is 0 Å². The average molecular weight is 339 g/mol. The minimum Gasteiger partial charge on any atom is -0.467 e. The minimum absolute atomic E-state index is 0.0473. The maximum absolute atomic E-state index is 5.63. The summed E-state index contributed by atoms with van der Waals surface area (Å²) in [5.74, 6) is 0.459. The van der Waals surface area contributed by atoms with Gasteiger partial charge in [0.1, 0.15) is 11.1 Å². The zero-order valence-corrected chi connectivity index (χ0v) is 11.1. The second kappa shape index (κ2) is 4.60. The lowest BCUT2D eigenvalue weighted by molar-refractivity contribution is 0.0229. The number of aromatic nitrogens is 2. The summed E-state index contributed by atoms with van der Waals surface area (Å²) in [6, 6.07) is 0. The van der Waals surface area contributed by atoms with E-state index in [0.29, 0.717) is 17.5 Å². The molecule has 2 heterocycles. The molecule has 1 atom stereocenters. The molecule has 2 rings (SSSR count). The second-order valence-corrected chi connectivity index (χ2v) is 4.40. The molecule has 5 nitrogen and oxygen atoms in total. The highest BCUT2D eigenvalue weighted by Gasteiger charge is 2.22. The van der Waals surface area contributed by atoms with E-state index in [1.54, 1.807) is 10.9 Å². The Kier molecular flexibility index (Phi) is 3.39. The van der Waals surface area contributed by atoms with Crippen molar-refractivity contribution in [2.75, 3.05) is 11.0 Å². The van der Waals surface area contributed by atoms with Crippen molar-refractivity contribution in [2.45, 2.75) is 11.1 Å². The molecule has 0 spiro atoms. The largest absolute Gasteiger partial charge is 0.467 e. The van der Waals surface area contributed by atoms with Gasteiger partial charge in [0.2, 0.25) is 0 Å². The van der Waals surface area contributed by atoms with Crippen LogP contribution in [0.2, 0.25) is 0 Å². The maximum atomic E-state index is 5.63. The van der Waals surface area contributed by atoms with Gasteiger partial charge in [0.15, 0.2) is 6.61 Å². The third-order valence-corrected chi connectivity index (χ3v) is 3.51. The first-order valence-electron chi connectivity index (χ1n) is 4.36. The summed E-state index contributed by atoms with van der Waals surface area (Å²) >= 11 is 6.56. The van der Waals surface area contributed by atoms with Gasteiger partial charge < -0.3 is 9.57 Å². The Bertz CT molecular complexity index is 393. The molecular formula is C8H10IN3O2S. The Morgan fingerprint density at radius 1 is 1.73 bits per heavy atom. The first-order valence-corrected chi connectivity index (χ1v) is 6.33. The van der Waals surface area contributed by atoms with E-state index >= 15 is 0 Å². The summed E-state index contributed by atoms with van der Waals surface area (Å²) in [4.78, 5) is 5.09. The van der Waals surface area contributed by atoms with Gasteiger partial charge in [-0.25, -0.2) is 0 Å². The lowest BCUT2D eigenvalue weighted by Crippen LogP contribution is -2.29. The van der Waals surface area contributed by atoms with Gasteiger partial charge in [0, 0.05) is 11.5 Å². The monoisotopic (exact) mass is 339 g/mol. The fraction of sp³-hybridized carbons (Fsp3) is 0.500. The maximum Gasteiger partial charge on any atom is 0.262 e. The highest BCUT2D eigenvalue weighted by molar-refractivity contribution is 14.1. The zero-order chi connectivity index (χ0) is 10.8. The third kappa shape index (κ3) is 2.22. The smallest absolute Gasteiger partial charge is 0.262 e. The van der Waals surface area contributed by atoms with Gasteiger partial charge in [0.05, 0.1) is 11.8 Å². The predicted molar refractivity (Wildman–Crippen MR) is 66.7 cm³/mol. The van der Waals surface area contributed by atoms with Crippen LogP contribution in [0.4, 0.5) is 0 Å². The highest BCUT2D eigenvalue weighted by Crippen LogP contribution is 2.18. The highest BCUT2D eigenvalue weighted by atomic mass is 127. The average Bonchev–Trinajstić information content (AvgIpc) is 2.60. The number of ether oxygens (including phenoxy) is 1. The normalized spacial score (nSPS) is 20.5. The number of nitrogens with zero attached hydrogens (tertiary/aromatic N) is 3. The first kappa shape index (κ1) is 11.1. The number of rotatable bonds is 2. The van der Waals surface area contributed by atoms with Crippen molar-refractivity contribution in [1.29, 1.82) is 0 Å². The molecule has 1 aromatic heterocycles. The molecule has 0 radical (unpaired) electrons. The van der Waals surface area contributed by atoms with E-state index in [-0.39, 0.29) is 6.10 Å². The molecule has 0 bridgehead atoms. The molecule has 0 fully saturated rings. The van der Waals surface area contributed by atoms with Crippen molar-refractivity contribution < 1.29 is 9.57 Å². The van der Waals surface area contributed by atoms with Crippen molar-refractivity contribution >= 4 is 41.1 Å². The molecule has 1 aromatic rings. The molecule has 1 aliphatic rings. The fourth-order valence-electron chi connectivity index (χ4n) is 1.16. The number of oxime groups is 1. The first-order chi connectivity index (χ1) is 7.22. The zero-order valence-electron chi connectivity index (χ0n) is 8.05. The number of aryl methyl sites for hydroxylation is 1. The molecule has 0 saturated carbocycles. The summed E-state index contributed by atoms with van der Waals surface area (Å²) in [6.45, 7) is 0.495. The van der Waals surface area contributed by atoms with Crippen molar-refractivity contribution in [2.24, 2.45) is 12.2 Å². The van der Waals surface area contributed by atoms with Crippen molar-refractivity contribution in [3.8, 4) is 0 Å². The standard InChI is InChI=1S/C8H10IN3O2S/c1-12-8(15)6(3-10-12)7-11-13-4-5(2-9)14-7/h3,5,15H,2,4H2,1H3. The van der Waals surface area contributed by atoms with Gasteiger partial charge in [0.25, 0.3) is 5.90 Å². The van der Waals surface area contributed by atoms with Crippen LogP contribution in [0, 0.1) is 0 Å². The fourth-order valence-corrected chi connectivity index (χ4v) is 1.80. The molecule has 0 amide bonds. The Balaban J connectivity index is 2.24. The van der Waals surface area contributed by atoms with Crippen molar-refractivity contribution in [1.82, 2.24) is 9.78 Å². The molecule has 7 heteroatoms. The van der Waals surface area contributed by atoms with Crippen LogP contribution in [-0.2, 0) is 16.6 Å². The lowest BCUT2D eigenvalue weighted by Gasteiger charge is -2.20. The van der Waals surface area contributed by atoms with Gasteiger partial charge in [-0.05, 0) is 5.16 Å². The van der Waals surface area contributed by atoms with Crippen LogP contribution in [-0.4, -0.2) is 32.8 Å². The van der Waals surface area contributed by atoms with Gasteiger partial charge in [-0.3, -0.25) is 4.68 Å². The SMILES string of the molecule is Cn1ncc(C2=NOCC(CI)O2)c1S. The Labute approximate surface area is 106 Å². The molecule has 1 aliphatic heterocycles. The van der Waals surface area contributed by atoms with E-state index < -0.39 is 0 Å². The van der Waals surface area contributed by atoms with Crippen LogP contribution in [0.1, 0.15) is 5.56 Å². The van der Waals surface area contributed by atoms with E-state index in [0.717, 1.165) is 9.99 Å². The minimum atomic E-state index is 0.0473. The Morgan fingerprint density at radius 2 is 2.53 bits per heavy atom. The van der Waals surface area contributed by atoms with Gasteiger partial charge in [-0.2, -0.15) is 5.10 Å². The van der Waals surface area contributed by atoms with Gasteiger partial charge in [-0.15, -0.1) is 12.6 Å². The quantitative estimate of drug-likeness (QED) is 0.501. The van der Waals surface area contributed by atoms with Crippen LogP contribution >= 0.6 is 35.2 Å². The van der Waals surface area contributed by atoms with E-state index in [2.05, 4.69) is 45.5 Å². The number of hydrogen-bond donors (Lipinski definition) is 1. The lowest BCUT2D eigenvalue weighted by atomic mass is 10.3. The molecular weight excluding hydrogens is 329 g/mol. The summed E-state index contributed by atoms with van der Waals surface area (Å²) in [6.07, 6.45) is 1.71. The molecule has 82 valence electrons. The topological polar surface area (TPSA) is 48.6 Å². The molecule has 0 aromatic carbocycles. The van der Waals surface area contributed by atoms with Gasteiger partial charge >= 0.3 is 0 Å². The Morgan fingerprint density at radius 3 is 3.13 bits per heavy atom. The molecule has 0 saturated heterocycles. The molecule has 0 aliphatic carbocycles. The van der Waals surface area contributed by atoms with E-state index in [1.165, 1.54) is 0 Å². The van der Waals surface area contributed by atoms with Crippen molar-refractivity contribution in [3.63, 3.8) is 0 Å². The molecule has 15 heavy (non-hydrogen) atoms. The van der Waals surface area contributed by atoms with Gasteiger partial charge in [-0.1, -0.05) is 22.6 Å².